The number of ether oxygens (including phenoxy) is 1. The Morgan fingerprint density at radius 3 is 1.16 bits per heavy atom. The average molecular weight is 415 g/mol. The highest BCUT2D eigenvalue weighted by atomic mass is 16.5. The molecule has 0 aliphatic carbocycles. The van der Waals surface area contributed by atoms with Gasteiger partial charge in [-0.1, -0.05) is 36.4 Å². The molecule has 5 N–H and O–H groups in total. The molecule has 0 spiro atoms. The minimum atomic E-state index is -0.0400. The maximum Gasteiger partial charge on any atom is 0.119 e. The van der Waals surface area contributed by atoms with E-state index in [9.17, 15) is 15.3 Å². The summed E-state index contributed by atoms with van der Waals surface area (Å²) < 4.78 is 4.91. The molecule has 0 amide bonds. The largest absolute Gasteiger partial charge is 0.508 e. The van der Waals surface area contributed by atoms with Crippen LogP contribution >= 0.6 is 0 Å². The number of nitrogens with two attached hydrogens (primary N) is 1. The summed E-state index contributed by atoms with van der Waals surface area (Å²) in [6, 6.07) is 28.4. The van der Waals surface area contributed by atoms with Crippen LogP contribution in [0.5, 0.6) is 23.0 Å². The number of phenolic OH excluding ortho intramolecular Hbond substituents is 3. The molecule has 0 radical (unpaired) electrons. The first-order chi connectivity index (χ1) is 15.0. The zero-order chi connectivity index (χ0) is 22.2. The standard InChI is InChI=1S/C19H16O3.C7H9NO/c20-16-7-1-13(2-8-16)19(14-3-9-17(21)10-4-14)15-5-11-18(22)12-6-15;1-9-7-4-2-6(8)3-5-7/h1-12,19-22H;2-5H,8H2,1H3. The molecule has 4 aromatic carbocycles. The van der Waals surface area contributed by atoms with Crippen LogP contribution in [0.3, 0.4) is 0 Å². The van der Waals surface area contributed by atoms with Crippen molar-refractivity contribution >= 4 is 5.69 Å². The number of rotatable bonds is 4. The van der Waals surface area contributed by atoms with Gasteiger partial charge < -0.3 is 25.8 Å². The fourth-order valence-electron chi connectivity index (χ4n) is 3.18. The lowest BCUT2D eigenvalue weighted by Crippen LogP contribution is -2.03. The van der Waals surface area contributed by atoms with Crippen LogP contribution in [0.15, 0.2) is 97.1 Å². The van der Waals surface area contributed by atoms with Crippen molar-refractivity contribution in [3.8, 4) is 23.0 Å². The molecule has 0 bridgehead atoms. The van der Waals surface area contributed by atoms with Crippen LogP contribution in [0.4, 0.5) is 5.69 Å². The molecular formula is C26H25NO4. The van der Waals surface area contributed by atoms with E-state index < -0.39 is 0 Å². The van der Waals surface area contributed by atoms with Crippen molar-refractivity contribution in [2.45, 2.75) is 5.92 Å². The van der Waals surface area contributed by atoms with Gasteiger partial charge >= 0.3 is 0 Å². The van der Waals surface area contributed by atoms with Gasteiger partial charge in [-0.25, -0.2) is 0 Å². The van der Waals surface area contributed by atoms with Crippen LogP contribution in [0, 0.1) is 0 Å². The van der Waals surface area contributed by atoms with Crippen LogP contribution < -0.4 is 10.5 Å². The summed E-state index contributed by atoms with van der Waals surface area (Å²) in [5.74, 6) is 1.46. The first-order valence-corrected chi connectivity index (χ1v) is 9.72. The zero-order valence-corrected chi connectivity index (χ0v) is 17.1. The molecule has 158 valence electrons. The van der Waals surface area contributed by atoms with Crippen molar-refractivity contribution in [3.05, 3.63) is 114 Å². The summed E-state index contributed by atoms with van der Waals surface area (Å²) in [5, 5.41) is 28.5. The van der Waals surface area contributed by atoms with E-state index in [1.54, 1.807) is 55.6 Å². The lowest BCUT2D eigenvalue weighted by molar-refractivity contribution is 0.415. The third-order valence-electron chi connectivity index (χ3n) is 4.80. The summed E-state index contributed by atoms with van der Waals surface area (Å²) >= 11 is 0. The van der Waals surface area contributed by atoms with E-state index in [2.05, 4.69) is 0 Å². The Morgan fingerprint density at radius 2 is 0.871 bits per heavy atom. The Balaban J connectivity index is 0.000000254. The summed E-state index contributed by atoms with van der Waals surface area (Å²) in [6.07, 6.45) is 0. The minimum absolute atomic E-state index is 0.0400. The van der Waals surface area contributed by atoms with Gasteiger partial charge in [-0.2, -0.15) is 0 Å². The molecule has 0 unspecified atom stereocenters. The first kappa shape index (κ1) is 21.6. The van der Waals surface area contributed by atoms with Crippen molar-refractivity contribution < 1.29 is 20.1 Å². The second-order valence-electron chi connectivity index (χ2n) is 6.98. The molecular weight excluding hydrogens is 390 g/mol. The topological polar surface area (TPSA) is 95.9 Å². The lowest BCUT2D eigenvalue weighted by Gasteiger charge is -2.19. The minimum Gasteiger partial charge on any atom is -0.508 e. The quantitative estimate of drug-likeness (QED) is 0.269. The van der Waals surface area contributed by atoms with Gasteiger partial charge in [0.1, 0.15) is 23.0 Å². The maximum atomic E-state index is 9.49. The van der Waals surface area contributed by atoms with Gasteiger partial charge in [0, 0.05) is 11.6 Å². The van der Waals surface area contributed by atoms with Gasteiger partial charge in [-0.05, 0) is 77.4 Å². The molecule has 5 heteroatoms. The first-order valence-electron chi connectivity index (χ1n) is 9.72. The van der Waals surface area contributed by atoms with Crippen LogP contribution in [0.1, 0.15) is 22.6 Å². The van der Waals surface area contributed by atoms with Gasteiger partial charge in [0.25, 0.3) is 0 Å². The molecule has 0 fully saturated rings. The molecule has 0 heterocycles. The van der Waals surface area contributed by atoms with Gasteiger partial charge in [-0.3, -0.25) is 0 Å². The summed E-state index contributed by atoms with van der Waals surface area (Å²) in [5.41, 5.74) is 9.25. The van der Waals surface area contributed by atoms with E-state index in [0.29, 0.717) is 0 Å². The molecule has 0 saturated carbocycles. The Bertz CT molecular complexity index is 966. The normalized spacial score (nSPS) is 10.3. The SMILES string of the molecule is COc1ccc(N)cc1.Oc1ccc(C(c2ccc(O)cc2)c2ccc(O)cc2)cc1. The second-order valence-corrected chi connectivity index (χ2v) is 6.98. The van der Waals surface area contributed by atoms with Gasteiger partial charge in [0.2, 0.25) is 0 Å². The maximum absolute atomic E-state index is 9.49. The van der Waals surface area contributed by atoms with Crippen molar-refractivity contribution in [2.24, 2.45) is 0 Å². The van der Waals surface area contributed by atoms with Crippen molar-refractivity contribution in [1.82, 2.24) is 0 Å². The van der Waals surface area contributed by atoms with Crippen LogP contribution in [-0.2, 0) is 0 Å². The number of aromatic hydroxyl groups is 3. The fourth-order valence-corrected chi connectivity index (χ4v) is 3.18. The fraction of sp³-hybridized carbons (Fsp3) is 0.0769. The molecule has 0 atom stereocenters. The number of benzene rings is 4. The highest BCUT2D eigenvalue weighted by molar-refractivity contribution is 5.46. The number of methoxy groups -OCH3 is 1. The third kappa shape index (κ3) is 5.93. The smallest absolute Gasteiger partial charge is 0.119 e. The molecule has 0 aliphatic heterocycles. The van der Waals surface area contributed by atoms with Crippen molar-refractivity contribution in [2.75, 3.05) is 12.8 Å². The van der Waals surface area contributed by atoms with Gasteiger partial charge in [-0.15, -0.1) is 0 Å². The highest BCUT2D eigenvalue weighted by Gasteiger charge is 2.17. The Morgan fingerprint density at radius 1 is 0.548 bits per heavy atom. The van der Waals surface area contributed by atoms with Crippen LogP contribution in [0.2, 0.25) is 0 Å². The monoisotopic (exact) mass is 415 g/mol. The van der Waals surface area contributed by atoms with Crippen LogP contribution in [-0.4, -0.2) is 22.4 Å². The Labute approximate surface area is 181 Å². The number of nitrogen functional groups attached to an aromatic ring is 1. The molecule has 0 aliphatic rings. The van der Waals surface area contributed by atoms with E-state index in [-0.39, 0.29) is 23.2 Å². The van der Waals surface area contributed by atoms with E-state index in [1.165, 1.54) is 0 Å². The number of phenols is 3. The molecule has 4 aromatic rings. The second kappa shape index (κ2) is 10.1. The average Bonchev–Trinajstić information content (AvgIpc) is 2.79. The van der Waals surface area contributed by atoms with Crippen LogP contribution in [0.25, 0.3) is 0 Å². The zero-order valence-electron chi connectivity index (χ0n) is 17.1. The van der Waals surface area contributed by atoms with E-state index in [1.807, 2.05) is 48.5 Å². The lowest BCUT2D eigenvalue weighted by atomic mass is 9.85. The van der Waals surface area contributed by atoms with Crippen molar-refractivity contribution in [3.63, 3.8) is 0 Å². The van der Waals surface area contributed by atoms with E-state index >= 15 is 0 Å². The predicted molar refractivity (Wildman–Crippen MR) is 123 cm³/mol. The predicted octanol–water partition coefficient (Wildman–Crippen LogP) is 5.26. The summed E-state index contributed by atoms with van der Waals surface area (Å²) in [6.45, 7) is 0. The summed E-state index contributed by atoms with van der Waals surface area (Å²) in [4.78, 5) is 0. The van der Waals surface area contributed by atoms with Gasteiger partial charge in [0.05, 0.1) is 7.11 Å². The Hall–Kier alpha value is -4.12. The molecule has 0 aromatic heterocycles. The van der Waals surface area contributed by atoms with E-state index in [0.717, 1.165) is 28.1 Å². The molecule has 31 heavy (non-hydrogen) atoms. The number of hydrogen-bond donors (Lipinski definition) is 4. The molecule has 4 rings (SSSR count). The Kier molecular flexibility index (Phi) is 7.01. The van der Waals surface area contributed by atoms with Gasteiger partial charge in [0.15, 0.2) is 0 Å². The molecule has 0 saturated heterocycles. The number of hydrogen-bond acceptors (Lipinski definition) is 5. The molecule has 5 nitrogen and oxygen atoms in total. The van der Waals surface area contributed by atoms with Crippen molar-refractivity contribution in [1.29, 1.82) is 0 Å². The van der Waals surface area contributed by atoms with E-state index in [4.69, 9.17) is 10.5 Å². The third-order valence-corrected chi connectivity index (χ3v) is 4.80. The summed E-state index contributed by atoms with van der Waals surface area (Å²) in [7, 11) is 1.63. The highest BCUT2D eigenvalue weighted by Crippen LogP contribution is 2.34. The number of anilines is 1.